The average Bonchev–Trinajstić information content (AvgIpc) is 2.71. The topological polar surface area (TPSA) is 96.0 Å². The van der Waals surface area contributed by atoms with Crippen LogP contribution in [0.4, 0.5) is 4.39 Å². The highest BCUT2D eigenvalue weighted by molar-refractivity contribution is 7.89. The zero-order valence-corrected chi connectivity index (χ0v) is 17.6. The maximum Gasteiger partial charge on any atom is 0.245 e. The number of nitrogens with zero attached hydrogens (tertiary/aromatic N) is 2. The molecule has 1 saturated heterocycles. The average molecular weight is 430 g/mol. The van der Waals surface area contributed by atoms with Crippen LogP contribution in [0.3, 0.4) is 0 Å². The van der Waals surface area contributed by atoms with E-state index in [0.717, 1.165) is 6.07 Å². The predicted molar refractivity (Wildman–Crippen MR) is 105 cm³/mol. The van der Waals surface area contributed by atoms with E-state index in [2.05, 4.69) is 5.32 Å². The molecule has 1 aliphatic heterocycles. The highest BCUT2D eigenvalue weighted by atomic mass is 32.2. The molecule has 1 N–H and O–H groups in total. The Morgan fingerprint density at radius 2 is 1.93 bits per heavy atom. The minimum Gasteiger partial charge on any atom is -0.385 e. The van der Waals surface area contributed by atoms with Gasteiger partial charge in [-0.15, -0.1) is 0 Å². The third-order valence-electron chi connectivity index (χ3n) is 4.86. The van der Waals surface area contributed by atoms with Crippen LogP contribution in [0.25, 0.3) is 0 Å². The van der Waals surface area contributed by atoms with Gasteiger partial charge in [-0.3, -0.25) is 9.59 Å². The van der Waals surface area contributed by atoms with Gasteiger partial charge in [0.05, 0.1) is 6.54 Å². The minimum absolute atomic E-state index is 0.0560. The van der Waals surface area contributed by atoms with Crippen molar-refractivity contribution >= 4 is 21.8 Å². The summed E-state index contributed by atoms with van der Waals surface area (Å²) in [5, 5.41) is 2.72. The number of halogens is 1. The molecule has 0 aliphatic carbocycles. The van der Waals surface area contributed by atoms with E-state index in [1.165, 1.54) is 27.4 Å². The Morgan fingerprint density at radius 3 is 2.55 bits per heavy atom. The standard InChI is InChI=1S/C19H28FN3O5S/c1-22(14-18(24)21-10-5-13-28-2)19(25)15-8-11-23(12-9-15)29(26,27)17-7-4-3-6-16(17)20/h3-4,6-7,15H,5,8-14H2,1-2H3,(H,21,24). The van der Waals surface area contributed by atoms with Gasteiger partial charge in [-0.25, -0.2) is 12.8 Å². The van der Waals surface area contributed by atoms with Crippen LogP contribution in [0.15, 0.2) is 29.2 Å². The minimum atomic E-state index is -3.94. The molecule has 29 heavy (non-hydrogen) atoms. The lowest BCUT2D eigenvalue weighted by molar-refractivity contribution is -0.139. The number of piperidine rings is 1. The molecule has 1 aliphatic rings. The van der Waals surface area contributed by atoms with Crippen molar-refractivity contribution in [1.29, 1.82) is 0 Å². The summed E-state index contributed by atoms with van der Waals surface area (Å²) in [4.78, 5) is 25.5. The summed E-state index contributed by atoms with van der Waals surface area (Å²) in [7, 11) is -0.798. The Bertz CT molecular complexity index is 810. The maximum atomic E-state index is 13.9. The van der Waals surface area contributed by atoms with Gasteiger partial charge in [0.25, 0.3) is 0 Å². The van der Waals surface area contributed by atoms with Crippen LogP contribution in [-0.4, -0.2) is 76.4 Å². The Balaban J connectivity index is 1.86. The molecule has 1 aromatic rings. The molecule has 1 fully saturated rings. The number of hydrogen-bond acceptors (Lipinski definition) is 5. The van der Waals surface area contributed by atoms with Crippen LogP contribution in [-0.2, 0) is 24.3 Å². The Labute approximate surface area is 171 Å². The zero-order chi connectivity index (χ0) is 21.4. The highest BCUT2D eigenvalue weighted by Gasteiger charge is 2.34. The summed E-state index contributed by atoms with van der Waals surface area (Å²) >= 11 is 0. The van der Waals surface area contributed by atoms with Crippen molar-refractivity contribution in [2.75, 3.05) is 46.9 Å². The number of carbonyl (C=O) groups is 2. The van der Waals surface area contributed by atoms with Crippen LogP contribution in [0.2, 0.25) is 0 Å². The molecule has 2 amide bonds. The number of carbonyl (C=O) groups excluding carboxylic acids is 2. The van der Waals surface area contributed by atoms with Crippen molar-refractivity contribution in [3.63, 3.8) is 0 Å². The van der Waals surface area contributed by atoms with Gasteiger partial charge in [0, 0.05) is 46.3 Å². The molecule has 0 spiro atoms. The van der Waals surface area contributed by atoms with Crippen LogP contribution >= 0.6 is 0 Å². The van der Waals surface area contributed by atoms with E-state index in [9.17, 15) is 22.4 Å². The second-order valence-electron chi connectivity index (χ2n) is 7.00. The summed E-state index contributed by atoms with van der Waals surface area (Å²) in [5.41, 5.74) is 0. The molecule has 0 unspecified atom stereocenters. The molecule has 8 nitrogen and oxygen atoms in total. The van der Waals surface area contributed by atoms with Gasteiger partial charge in [-0.1, -0.05) is 12.1 Å². The Kier molecular flexibility index (Phi) is 8.54. The number of methoxy groups -OCH3 is 1. The van der Waals surface area contributed by atoms with Gasteiger partial charge in [0.1, 0.15) is 10.7 Å². The van der Waals surface area contributed by atoms with Gasteiger partial charge >= 0.3 is 0 Å². The first-order chi connectivity index (χ1) is 13.8. The maximum absolute atomic E-state index is 13.9. The molecule has 0 radical (unpaired) electrons. The monoisotopic (exact) mass is 429 g/mol. The van der Waals surface area contributed by atoms with E-state index < -0.39 is 15.8 Å². The van der Waals surface area contributed by atoms with Gasteiger partial charge in [-0.2, -0.15) is 4.31 Å². The molecular formula is C19H28FN3O5S. The predicted octanol–water partition coefficient (Wildman–Crippen LogP) is 0.838. The Morgan fingerprint density at radius 1 is 1.28 bits per heavy atom. The van der Waals surface area contributed by atoms with Gasteiger partial charge in [0.2, 0.25) is 21.8 Å². The van der Waals surface area contributed by atoms with E-state index in [4.69, 9.17) is 4.74 Å². The van der Waals surface area contributed by atoms with Crippen molar-refractivity contribution in [3.8, 4) is 0 Å². The van der Waals surface area contributed by atoms with Crippen LogP contribution in [0, 0.1) is 11.7 Å². The molecule has 1 aromatic carbocycles. The van der Waals surface area contributed by atoms with Crippen molar-refractivity contribution < 1.29 is 27.1 Å². The van der Waals surface area contributed by atoms with Gasteiger partial charge in [-0.05, 0) is 31.4 Å². The number of likely N-dealkylation sites (N-methyl/N-ethyl adjacent to an activating group) is 1. The fourth-order valence-corrected chi connectivity index (χ4v) is 4.78. The van der Waals surface area contributed by atoms with E-state index in [-0.39, 0.29) is 42.3 Å². The molecule has 162 valence electrons. The van der Waals surface area contributed by atoms with E-state index in [1.54, 1.807) is 14.2 Å². The van der Waals surface area contributed by atoms with E-state index in [1.807, 2.05) is 0 Å². The van der Waals surface area contributed by atoms with E-state index in [0.29, 0.717) is 32.4 Å². The lowest BCUT2D eigenvalue weighted by Gasteiger charge is -2.32. The molecular weight excluding hydrogens is 401 g/mol. The summed E-state index contributed by atoms with van der Waals surface area (Å²) < 4.78 is 45.3. The van der Waals surface area contributed by atoms with E-state index >= 15 is 0 Å². The Hall–Kier alpha value is -2.04. The molecule has 0 bridgehead atoms. The number of rotatable bonds is 9. The van der Waals surface area contributed by atoms with Crippen molar-refractivity contribution in [3.05, 3.63) is 30.1 Å². The smallest absolute Gasteiger partial charge is 0.245 e. The van der Waals surface area contributed by atoms with Crippen molar-refractivity contribution in [2.24, 2.45) is 5.92 Å². The summed E-state index contributed by atoms with van der Waals surface area (Å²) in [6.07, 6.45) is 1.34. The second-order valence-corrected chi connectivity index (χ2v) is 8.91. The normalized spacial score (nSPS) is 15.8. The number of ether oxygens (including phenoxy) is 1. The molecule has 0 saturated carbocycles. The number of amides is 2. The summed E-state index contributed by atoms with van der Waals surface area (Å²) in [6.45, 7) is 1.22. The largest absolute Gasteiger partial charge is 0.385 e. The second kappa shape index (κ2) is 10.7. The number of nitrogens with one attached hydrogen (secondary N) is 1. The summed E-state index contributed by atoms with van der Waals surface area (Å²) in [6, 6.07) is 5.25. The third kappa shape index (κ3) is 6.22. The molecule has 10 heteroatoms. The molecule has 0 atom stereocenters. The number of sulfonamides is 1. The molecule has 1 heterocycles. The van der Waals surface area contributed by atoms with Crippen LogP contribution in [0.5, 0.6) is 0 Å². The SMILES string of the molecule is COCCCNC(=O)CN(C)C(=O)C1CCN(S(=O)(=O)c2ccccc2F)CC1. The van der Waals surface area contributed by atoms with Gasteiger partial charge < -0.3 is 15.0 Å². The van der Waals surface area contributed by atoms with Gasteiger partial charge in [0.15, 0.2) is 0 Å². The fourth-order valence-electron chi connectivity index (χ4n) is 3.24. The zero-order valence-electron chi connectivity index (χ0n) is 16.8. The molecule has 2 rings (SSSR count). The quantitative estimate of drug-likeness (QED) is 0.587. The number of hydrogen-bond donors (Lipinski definition) is 1. The number of benzene rings is 1. The lowest BCUT2D eigenvalue weighted by Crippen LogP contribution is -2.45. The summed E-state index contributed by atoms with van der Waals surface area (Å²) in [5.74, 6) is -1.60. The first kappa shape index (κ1) is 23.2. The molecule has 0 aromatic heterocycles. The first-order valence-electron chi connectivity index (χ1n) is 9.52. The van der Waals surface area contributed by atoms with Crippen molar-refractivity contribution in [2.45, 2.75) is 24.2 Å². The first-order valence-corrected chi connectivity index (χ1v) is 11.0. The lowest BCUT2D eigenvalue weighted by atomic mass is 9.96. The third-order valence-corrected chi connectivity index (χ3v) is 6.79. The fraction of sp³-hybridized carbons (Fsp3) is 0.579. The van der Waals surface area contributed by atoms with Crippen molar-refractivity contribution in [1.82, 2.24) is 14.5 Å². The van der Waals surface area contributed by atoms with Crippen LogP contribution < -0.4 is 5.32 Å². The van der Waals surface area contributed by atoms with Crippen LogP contribution in [0.1, 0.15) is 19.3 Å². The highest BCUT2D eigenvalue weighted by Crippen LogP contribution is 2.26.